The molecule has 24 heavy (non-hydrogen) atoms. The van der Waals surface area contributed by atoms with Gasteiger partial charge in [-0.05, 0) is 18.2 Å². The van der Waals surface area contributed by atoms with E-state index in [0.717, 1.165) is 18.2 Å². The molecule has 3 rings (SSSR count). The summed E-state index contributed by atoms with van der Waals surface area (Å²) in [7, 11) is -3.25. The van der Waals surface area contributed by atoms with E-state index in [-0.39, 0.29) is 35.6 Å². The summed E-state index contributed by atoms with van der Waals surface area (Å²) in [6, 6.07) is 2.48. The summed E-state index contributed by atoms with van der Waals surface area (Å²) < 4.78 is 51.4. The second-order valence-electron chi connectivity index (χ2n) is 6.36. The first kappa shape index (κ1) is 17.3. The Morgan fingerprint density at radius 3 is 2.62 bits per heavy atom. The molecule has 0 spiro atoms. The Kier molecular flexibility index (Phi) is 4.61. The first-order chi connectivity index (χ1) is 11.3. The van der Waals surface area contributed by atoms with Gasteiger partial charge < -0.3 is 4.90 Å². The van der Waals surface area contributed by atoms with Crippen LogP contribution in [0.1, 0.15) is 18.9 Å². The maximum atomic E-state index is 13.9. The Labute approximate surface area is 140 Å². The Hall–Kier alpha value is -1.54. The first-order valence-corrected chi connectivity index (χ1v) is 9.80. The van der Waals surface area contributed by atoms with Gasteiger partial charge in [0.1, 0.15) is 11.6 Å². The van der Waals surface area contributed by atoms with Crippen LogP contribution in [0.15, 0.2) is 18.2 Å². The van der Waals surface area contributed by atoms with Gasteiger partial charge in [-0.25, -0.2) is 17.2 Å². The minimum Gasteiger partial charge on any atom is -0.336 e. The van der Waals surface area contributed by atoms with Crippen LogP contribution in [0, 0.1) is 11.6 Å². The van der Waals surface area contributed by atoms with E-state index in [9.17, 15) is 22.0 Å². The largest absolute Gasteiger partial charge is 0.336 e. The lowest BCUT2D eigenvalue weighted by Crippen LogP contribution is -2.60. The molecule has 5 nitrogen and oxygen atoms in total. The van der Waals surface area contributed by atoms with Gasteiger partial charge in [0.15, 0.2) is 9.84 Å². The van der Waals surface area contributed by atoms with E-state index in [0.29, 0.717) is 19.5 Å². The third-order valence-electron chi connectivity index (χ3n) is 4.80. The first-order valence-electron chi connectivity index (χ1n) is 7.98. The van der Waals surface area contributed by atoms with Crippen LogP contribution >= 0.6 is 0 Å². The van der Waals surface area contributed by atoms with Crippen molar-refractivity contribution in [2.24, 2.45) is 0 Å². The van der Waals surface area contributed by atoms with Crippen molar-refractivity contribution in [3.63, 3.8) is 0 Å². The lowest BCUT2D eigenvalue weighted by Gasteiger charge is -2.44. The number of benzene rings is 1. The Morgan fingerprint density at radius 2 is 1.92 bits per heavy atom. The Balaban J connectivity index is 1.85. The summed E-state index contributed by atoms with van der Waals surface area (Å²) in [5.41, 5.74) is 0.202. The SMILES string of the molecule is CCC(=O)N1CCN(Cc2cc(F)ccc2F)[C@H]2CS(=O)(=O)C[C@H]21. The number of rotatable bonds is 3. The normalized spacial score (nSPS) is 26.4. The molecule has 0 radical (unpaired) electrons. The van der Waals surface area contributed by atoms with Gasteiger partial charge in [0.05, 0.1) is 17.5 Å². The Morgan fingerprint density at radius 1 is 1.21 bits per heavy atom. The van der Waals surface area contributed by atoms with E-state index in [1.807, 2.05) is 4.90 Å². The van der Waals surface area contributed by atoms with Gasteiger partial charge in [0.2, 0.25) is 5.91 Å². The van der Waals surface area contributed by atoms with Crippen molar-refractivity contribution < 1.29 is 22.0 Å². The van der Waals surface area contributed by atoms with Crippen LogP contribution in [0.4, 0.5) is 8.78 Å². The molecule has 2 heterocycles. The standard InChI is InChI=1S/C16H20F2N2O3S/c1-2-16(21)20-6-5-19(14-9-24(22,23)10-15(14)20)8-11-7-12(17)3-4-13(11)18/h3-4,7,14-15H,2,5-6,8-10H2,1H3/t14-,15+/m0/s1. The lowest BCUT2D eigenvalue weighted by molar-refractivity contribution is -0.136. The van der Waals surface area contributed by atoms with E-state index in [4.69, 9.17) is 0 Å². The third-order valence-corrected chi connectivity index (χ3v) is 6.49. The van der Waals surface area contributed by atoms with E-state index in [1.165, 1.54) is 0 Å². The molecule has 2 saturated heterocycles. The van der Waals surface area contributed by atoms with Gasteiger partial charge in [-0.15, -0.1) is 0 Å². The molecule has 1 aromatic rings. The molecule has 1 amide bonds. The van der Waals surface area contributed by atoms with Crippen molar-refractivity contribution in [2.45, 2.75) is 32.0 Å². The zero-order valence-electron chi connectivity index (χ0n) is 13.4. The van der Waals surface area contributed by atoms with Crippen LogP contribution in [0.5, 0.6) is 0 Å². The van der Waals surface area contributed by atoms with Crippen molar-refractivity contribution in [3.8, 4) is 0 Å². The fraction of sp³-hybridized carbons (Fsp3) is 0.562. The van der Waals surface area contributed by atoms with Crippen molar-refractivity contribution in [3.05, 3.63) is 35.4 Å². The summed E-state index contributed by atoms with van der Waals surface area (Å²) in [4.78, 5) is 15.6. The molecule has 8 heteroatoms. The fourth-order valence-electron chi connectivity index (χ4n) is 3.62. The summed E-state index contributed by atoms with van der Waals surface area (Å²) in [6.45, 7) is 2.72. The molecular formula is C16H20F2N2O3S. The van der Waals surface area contributed by atoms with Crippen LogP contribution in [0.25, 0.3) is 0 Å². The molecular weight excluding hydrogens is 338 g/mol. The van der Waals surface area contributed by atoms with Gasteiger partial charge in [-0.1, -0.05) is 6.92 Å². The van der Waals surface area contributed by atoms with Crippen LogP contribution in [0.2, 0.25) is 0 Å². The molecule has 0 bridgehead atoms. The Bertz CT molecular complexity index is 754. The van der Waals surface area contributed by atoms with Gasteiger partial charge in [0, 0.05) is 37.7 Å². The van der Waals surface area contributed by atoms with Crippen molar-refractivity contribution >= 4 is 15.7 Å². The second-order valence-corrected chi connectivity index (χ2v) is 8.51. The lowest BCUT2D eigenvalue weighted by atomic mass is 10.0. The van der Waals surface area contributed by atoms with Gasteiger partial charge in [0.25, 0.3) is 0 Å². The number of piperazine rings is 1. The fourth-order valence-corrected chi connectivity index (χ4v) is 5.63. The zero-order valence-corrected chi connectivity index (χ0v) is 14.2. The third kappa shape index (κ3) is 3.30. The van der Waals surface area contributed by atoms with E-state index < -0.39 is 27.5 Å². The molecule has 2 aliphatic heterocycles. The number of amides is 1. The summed E-state index contributed by atoms with van der Waals surface area (Å²) >= 11 is 0. The smallest absolute Gasteiger partial charge is 0.222 e. The molecule has 0 aliphatic carbocycles. The molecule has 2 fully saturated rings. The average molecular weight is 358 g/mol. The number of carbonyl (C=O) groups excluding carboxylic acids is 1. The van der Waals surface area contributed by atoms with Crippen molar-refractivity contribution in [2.75, 3.05) is 24.6 Å². The van der Waals surface area contributed by atoms with E-state index in [2.05, 4.69) is 0 Å². The number of fused-ring (bicyclic) bond motifs is 1. The van der Waals surface area contributed by atoms with Crippen LogP contribution < -0.4 is 0 Å². The zero-order chi connectivity index (χ0) is 17.5. The monoisotopic (exact) mass is 358 g/mol. The van der Waals surface area contributed by atoms with E-state index in [1.54, 1.807) is 11.8 Å². The summed E-state index contributed by atoms with van der Waals surface area (Å²) in [5.74, 6) is -1.23. The summed E-state index contributed by atoms with van der Waals surface area (Å²) in [5, 5.41) is 0. The summed E-state index contributed by atoms with van der Waals surface area (Å²) in [6.07, 6.45) is 0.321. The van der Waals surface area contributed by atoms with Gasteiger partial charge in [-0.3, -0.25) is 9.69 Å². The van der Waals surface area contributed by atoms with E-state index >= 15 is 0 Å². The van der Waals surface area contributed by atoms with Crippen molar-refractivity contribution in [1.82, 2.24) is 9.80 Å². The average Bonchev–Trinajstić information content (AvgIpc) is 2.85. The molecule has 132 valence electrons. The second kappa shape index (κ2) is 6.40. The number of hydrogen-bond acceptors (Lipinski definition) is 4. The molecule has 0 unspecified atom stereocenters. The van der Waals surface area contributed by atoms with Gasteiger partial charge in [-0.2, -0.15) is 0 Å². The minimum atomic E-state index is -3.25. The predicted molar refractivity (Wildman–Crippen MR) is 85.0 cm³/mol. The quantitative estimate of drug-likeness (QED) is 0.814. The highest BCUT2D eigenvalue weighted by molar-refractivity contribution is 7.91. The molecule has 0 saturated carbocycles. The minimum absolute atomic E-state index is 0.0535. The highest BCUT2D eigenvalue weighted by Crippen LogP contribution is 2.29. The number of halogens is 2. The predicted octanol–water partition coefficient (Wildman–Crippen LogP) is 1.18. The topological polar surface area (TPSA) is 57.7 Å². The van der Waals surface area contributed by atoms with Crippen molar-refractivity contribution in [1.29, 1.82) is 0 Å². The molecule has 0 N–H and O–H groups in total. The molecule has 2 atom stereocenters. The maximum Gasteiger partial charge on any atom is 0.222 e. The number of carbonyl (C=O) groups is 1. The number of hydrogen-bond donors (Lipinski definition) is 0. The number of nitrogens with zero attached hydrogens (tertiary/aromatic N) is 2. The van der Waals surface area contributed by atoms with Crippen LogP contribution in [0.3, 0.4) is 0 Å². The van der Waals surface area contributed by atoms with Gasteiger partial charge >= 0.3 is 0 Å². The molecule has 2 aliphatic rings. The number of sulfone groups is 1. The molecule has 1 aromatic carbocycles. The highest BCUT2D eigenvalue weighted by Gasteiger charge is 2.47. The highest BCUT2D eigenvalue weighted by atomic mass is 32.2. The molecule has 0 aromatic heterocycles. The van der Waals surface area contributed by atoms with Crippen LogP contribution in [-0.2, 0) is 21.2 Å². The maximum absolute atomic E-state index is 13.9. The van der Waals surface area contributed by atoms with Crippen LogP contribution in [-0.4, -0.2) is 60.8 Å².